The van der Waals surface area contributed by atoms with Crippen molar-refractivity contribution in [3.63, 3.8) is 0 Å². The molecule has 0 aromatic rings. The van der Waals surface area contributed by atoms with Crippen molar-refractivity contribution in [2.45, 2.75) is 89.4 Å². The fourth-order valence-corrected chi connectivity index (χ4v) is 4.41. The number of Topliss-reactive ketones (excluding diaryl/α,β-unsaturated/α-hetero) is 1. The first-order valence-electron chi connectivity index (χ1n) is 10.9. The van der Waals surface area contributed by atoms with Gasteiger partial charge in [-0.25, -0.2) is 0 Å². The lowest BCUT2D eigenvalue weighted by atomic mass is 9.70. The van der Waals surface area contributed by atoms with E-state index in [4.69, 9.17) is 9.47 Å². The summed E-state index contributed by atoms with van der Waals surface area (Å²) in [6.45, 7) is 5.18. The van der Waals surface area contributed by atoms with Crippen LogP contribution in [0.1, 0.15) is 46.5 Å². The van der Waals surface area contributed by atoms with Gasteiger partial charge in [-0.15, -0.1) is 0 Å². The number of carbonyl (C=O) groups is 1. The van der Waals surface area contributed by atoms with Crippen LogP contribution in [0.5, 0.6) is 0 Å². The summed E-state index contributed by atoms with van der Waals surface area (Å²) in [4.78, 5) is 12.6. The lowest BCUT2D eigenvalue weighted by Gasteiger charge is -2.40. The van der Waals surface area contributed by atoms with E-state index in [9.17, 15) is 35.4 Å². The number of hydrogen-bond donors (Lipinski definition) is 6. The number of carbonyl (C=O) groups excluding carboxylic acids is 1. The lowest BCUT2D eigenvalue weighted by molar-refractivity contribution is -0.303. The molecule has 1 aliphatic heterocycles. The zero-order valence-corrected chi connectivity index (χ0v) is 18.0. The first-order chi connectivity index (χ1) is 14.1. The van der Waals surface area contributed by atoms with Gasteiger partial charge in [0.15, 0.2) is 6.29 Å². The molecule has 9 heteroatoms. The van der Waals surface area contributed by atoms with Crippen LogP contribution < -0.4 is 0 Å². The van der Waals surface area contributed by atoms with Crippen molar-refractivity contribution in [1.29, 1.82) is 0 Å². The van der Waals surface area contributed by atoms with E-state index in [2.05, 4.69) is 0 Å². The van der Waals surface area contributed by atoms with Gasteiger partial charge in [-0.05, 0) is 31.1 Å². The van der Waals surface area contributed by atoms with Crippen LogP contribution in [0.3, 0.4) is 0 Å². The van der Waals surface area contributed by atoms with Crippen LogP contribution in [0, 0.1) is 23.7 Å². The van der Waals surface area contributed by atoms with E-state index in [-0.39, 0.29) is 30.6 Å². The highest BCUT2D eigenvalue weighted by Gasteiger charge is 2.44. The van der Waals surface area contributed by atoms with Crippen molar-refractivity contribution >= 4 is 5.78 Å². The highest BCUT2D eigenvalue weighted by molar-refractivity contribution is 5.81. The van der Waals surface area contributed by atoms with E-state index in [1.54, 1.807) is 6.92 Å². The standard InChI is InChI=1S/C21H38O9/c1-10(9-29-21-20(28)19(27)18(26)15(8-22)30-21)4-6-13(23)12(3)16-14(24)7-5-11(2)17(16)25/h10-12,14-22,24-28H,4-9H2,1-3H3/t10?,11?,12?,14?,15?,16-,17?,18?,19?,20?,21?/m1/s1. The first-order valence-corrected chi connectivity index (χ1v) is 10.9. The summed E-state index contributed by atoms with van der Waals surface area (Å²) in [5.74, 6) is -0.932. The second-order valence-corrected chi connectivity index (χ2v) is 9.12. The molecule has 2 rings (SSSR count). The van der Waals surface area contributed by atoms with Crippen molar-refractivity contribution in [1.82, 2.24) is 0 Å². The van der Waals surface area contributed by atoms with Gasteiger partial charge in [-0.2, -0.15) is 0 Å². The fraction of sp³-hybridized carbons (Fsp3) is 0.952. The van der Waals surface area contributed by atoms with Crippen LogP contribution in [0.25, 0.3) is 0 Å². The Kier molecular flexibility index (Phi) is 9.63. The Balaban J connectivity index is 1.79. The van der Waals surface area contributed by atoms with E-state index in [1.165, 1.54) is 0 Å². The quantitative estimate of drug-likeness (QED) is 0.273. The van der Waals surface area contributed by atoms with Crippen molar-refractivity contribution in [3.8, 4) is 0 Å². The zero-order chi connectivity index (χ0) is 22.6. The van der Waals surface area contributed by atoms with Crippen molar-refractivity contribution in [2.24, 2.45) is 23.7 Å². The van der Waals surface area contributed by atoms with Gasteiger partial charge < -0.3 is 40.1 Å². The smallest absolute Gasteiger partial charge is 0.186 e. The Bertz CT molecular complexity index is 543. The molecular weight excluding hydrogens is 396 g/mol. The van der Waals surface area contributed by atoms with E-state index in [0.717, 1.165) is 6.42 Å². The number of ether oxygens (including phenoxy) is 2. The molecule has 9 nitrogen and oxygen atoms in total. The van der Waals surface area contributed by atoms with Gasteiger partial charge in [-0.3, -0.25) is 4.79 Å². The third-order valence-electron chi connectivity index (χ3n) is 6.70. The molecule has 1 heterocycles. The maximum atomic E-state index is 12.6. The summed E-state index contributed by atoms with van der Waals surface area (Å²) in [5, 5.41) is 59.5. The van der Waals surface area contributed by atoms with Crippen molar-refractivity contribution in [3.05, 3.63) is 0 Å². The molecule has 0 radical (unpaired) electrons. The summed E-state index contributed by atoms with van der Waals surface area (Å²) < 4.78 is 10.8. The Morgan fingerprint density at radius 3 is 2.33 bits per heavy atom. The Hall–Kier alpha value is -0.650. The van der Waals surface area contributed by atoms with Gasteiger partial charge in [0.25, 0.3) is 0 Å². The third-order valence-corrected chi connectivity index (χ3v) is 6.70. The minimum Gasteiger partial charge on any atom is -0.394 e. The molecule has 11 atom stereocenters. The average molecular weight is 435 g/mol. The summed E-state index contributed by atoms with van der Waals surface area (Å²) >= 11 is 0. The average Bonchev–Trinajstić information content (AvgIpc) is 2.72. The summed E-state index contributed by atoms with van der Waals surface area (Å²) in [6.07, 6.45) is -5.86. The molecule has 1 saturated heterocycles. The predicted octanol–water partition coefficient (Wildman–Crippen LogP) is -0.808. The van der Waals surface area contributed by atoms with Gasteiger partial charge >= 0.3 is 0 Å². The normalized spacial score (nSPS) is 42.0. The molecular formula is C21H38O9. The number of hydrogen-bond acceptors (Lipinski definition) is 9. The molecule has 176 valence electrons. The molecule has 2 fully saturated rings. The largest absolute Gasteiger partial charge is 0.394 e. The molecule has 30 heavy (non-hydrogen) atoms. The van der Waals surface area contributed by atoms with E-state index < -0.39 is 61.4 Å². The highest BCUT2D eigenvalue weighted by Crippen LogP contribution is 2.35. The lowest BCUT2D eigenvalue weighted by Crippen LogP contribution is -2.59. The molecule has 0 aromatic carbocycles. The number of aliphatic hydroxyl groups is 6. The van der Waals surface area contributed by atoms with Crippen LogP contribution >= 0.6 is 0 Å². The van der Waals surface area contributed by atoms with Gasteiger partial charge in [0.2, 0.25) is 0 Å². The predicted molar refractivity (Wildman–Crippen MR) is 106 cm³/mol. The molecule has 1 aliphatic carbocycles. The number of aliphatic hydroxyl groups excluding tert-OH is 6. The second kappa shape index (κ2) is 11.3. The molecule has 1 saturated carbocycles. The number of rotatable bonds is 9. The topological polar surface area (TPSA) is 157 Å². The van der Waals surface area contributed by atoms with Crippen LogP contribution in [0.4, 0.5) is 0 Å². The maximum Gasteiger partial charge on any atom is 0.186 e. The molecule has 2 aliphatic rings. The SMILES string of the molecule is CC(CCC(=O)C(C)[C@@H]1C(O)CCC(C)C1O)COC1OC(CO)C(O)C(O)C1O. The van der Waals surface area contributed by atoms with Gasteiger partial charge in [0.05, 0.1) is 25.4 Å². The molecule has 6 N–H and O–H groups in total. The summed E-state index contributed by atoms with van der Waals surface area (Å²) in [5.41, 5.74) is 0. The second-order valence-electron chi connectivity index (χ2n) is 9.12. The van der Waals surface area contributed by atoms with E-state index in [1.807, 2.05) is 13.8 Å². The Labute approximate surface area is 177 Å². The summed E-state index contributed by atoms with van der Waals surface area (Å²) in [7, 11) is 0. The minimum atomic E-state index is -1.49. The first kappa shape index (κ1) is 25.6. The Morgan fingerprint density at radius 1 is 1.03 bits per heavy atom. The van der Waals surface area contributed by atoms with Gasteiger partial charge in [-0.1, -0.05) is 20.8 Å². The van der Waals surface area contributed by atoms with E-state index >= 15 is 0 Å². The molecule has 0 spiro atoms. The molecule has 0 aromatic heterocycles. The minimum absolute atomic E-state index is 0.0214. The van der Waals surface area contributed by atoms with Gasteiger partial charge in [0, 0.05) is 18.3 Å². The van der Waals surface area contributed by atoms with Gasteiger partial charge in [0.1, 0.15) is 30.2 Å². The molecule has 0 bridgehead atoms. The van der Waals surface area contributed by atoms with Crippen LogP contribution in [0.15, 0.2) is 0 Å². The molecule has 10 unspecified atom stereocenters. The fourth-order valence-electron chi connectivity index (χ4n) is 4.41. The van der Waals surface area contributed by atoms with Crippen molar-refractivity contribution in [2.75, 3.05) is 13.2 Å². The Morgan fingerprint density at radius 2 is 1.70 bits per heavy atom. The van der Waals surface area contributed by atoms with Crippen LogP contribution in [0.2, 0.25) is 0 Å². The number of ketones is 1. The van der Waals surface area contributed by atoms with Crippen molar-refractivity contribution < 1.29 is 44.9 Å². The monoisotopic (exact) mass is 434 g/mol. The maximum absolute atomic E-state index is 12.6. The van der Waals surface area contributed by atoms with E-state index in [0.29, 0.717) is 12.8 Å². The third kappa shape index (κ3) is 5.98. The summed E-state index contributed by atoms with van der Waals surface area (Å²) in [6, 6.07) is 0. The molecule has 0 amide bonds. The zero-order valence-electron chi connectivity index (χ0n) is 18.0. The van der Waals surface area contributed by atoms with Crippen LogP contribution in [-0.4, -0.2) is 92.5 Å². The van der Waals surface area contributed by atoms with Crippen LogP contribution in [-0.2, 0) is 14.3 Å². The highest BCUT2D eigenvalue weighted by atomic mass is 16.7.